The van der Waals surface area contributed by atoms with Crippen LogP contribution < -0.4 is 19.1 Å². The summed E-state index contributed by atoms with van der Waals surface area (Å²) >= 11 is 0. The van der Waals surface area contributed by atoms with Crippen molar-refractivity contribution < 1.29 is 31.1 Å². The lowest BCUT2D eigenvalue weighted by Gasteiger charge is -2.30. The highest BCUT2D eigenvalue weighted by Crippen LogP contribution is 2.25. The molecule has 3 rings (SSSR count). The van der Waals surface area contributed by atoms with Crippen molar-refractivity contribution in [3.05, 3.63) is 48.5 Å². The average molecular weight is 554 g/mol. The first kappa shape index (κ1) is 28.7. The predicted octanol–water partition coefficient (Wildman–Crippen LogP) is 2.61. The molecule has 0 aromatic heterocycles. The smallest absolute Gasteiger partial charge is 0.244 e. The van der Waals surface area contributed by atoms with E-state index in [9.17, 15) is 21.6 Å². The van der Waals surface area contributed by atoms with E-state index in [4.69, 9.17) is 9.47 Å². The Morgan fingerprint density at radius 2 is 1.57 bits per heavy atom. The lowest BCUT2D eigenvalue weighted by molar-refractivity contribution is -0.122. The van der Waals surface area contributed by atoms with Crippen LogP contribution in [-0.2, 0) is 24.8 Å². The van der Waals surface area contributed by atoms with Crippen molar-refractivity contribution in [2.75, 3.05) is 43.9 Å². The van der Waals surface area contributed by atoms with Gasteiger partial charge in [0.2, 0.25) is 26.0 Å². The molecule has 1 N–H and O–H groups in total. The number of amides is 1. The molecule has 0 aliphatic carbocycles. The largest absolute Gasteiger partial charge is 0.497 e. The summed E-state index contributed by atoms with van der Waals surface area (Å²) < 4.78 is 64.0. The van der Waals surface area contributed by atoms with Crippen LogP contribution in [0.2, 0.25) is 0 Å². The van der Waals surface area contributed by atoms with Crippen molar-refractivity contribution in [2.24, 2.45) is 0 Å². The second-order valence-electron chi connectivity index (χ2n) is 8.76. The van der Waals surface area contributed by atoms with E-state index in [1.165, 1.54) is 23.5 Å². The van der Waals surface area contributed by atoms with E-state index in [-0.39, 0.29) is 24.5 Å². The molecule has 1 atom stereocenters. The highest BCUT2D eigenvalue weighted by atomic mass is 32.2. The van der Waals surface area contributed by atoms with Crippen LogP contribution in [0.4, 0.5) is 5.69 Å². The summed E-state index contributed by atoms with van der Waals surface area (Å²) in [6.07, 6.45) is 4.10. The summed E-state index contributed by atoms with van der Waals surface area (Å²) in [4.78, 5) is 13.1. The Kier molecular flexibility index (Phi) is 9.80. The van der Waals surface area contributed by atoms with Gasteiger partial charge < -0.3 is 14.8 Å². The first-order valence-electron chi connectivity index (χ1n) is 12.2. The Balaban J connectivity index is 1.57. The molecule has 10 nitrogen and oxygen atoms in total. The molecule has 0 radical (unpaired) electrons. The van der Waals surface area contributed by atoms with Crippen LogP contribution in [0.25, 0.3) is 0 Å². The van der Waals surface area contributed by atoms with E-state index >= 15 is 0 Å². The second-order valence-corrected chi connectivity index (χ2v) is 12.6. The Bertz CT molecular complexity index is 1240. The molecule has 1 heterocycles. The van der Waals surface area contributed by atoms with Crippen molar-refractivity contribution in [1.82, 2.24) is 9.62 Å². The molecule has 0 saturated carbocycles. The summed E-state index contributed by atoms with van der Waals surface area (Å²) in [5, 5.41) is 2.73. The number of rotatable bonds is 12. The molecule has 0 bridgehead atoms. The third-order valence-corrected chi connectivity index (χ3v) is 9.20. The lowest BCUT2D eigenvalue weighted by Crippen LogP contribution is -2.50. The summed E-state index contributed by atoms with van der Waals surface area (Å²) in [7, 11) is -5.75. The van der Waals surface area contributed by atoms with Crippen LogP contribution in [0.5, 0.6) is 11.5 Å². The van der Waals surface area contributed by atoms with Gasteiger partial charge in [-0.3, -0.25) is 9.10 Å². The number of nitrogens with one attached hydrogen (secondary N) is 1. The Morgan fingerprint density at radius 3 is 2.11 bits per heavy atom. The molecular weight excluding hydrogens is 518 g/mol. The van der Waals surface area contributed by atoms with Gasteiger partial charge in [-0.25, -0.2) is 16.8 Å². The maximum Gasteiger partial charge on any atom is 0.244 e. The number of hydrogen-bond acceptors (Lipinski definition) is 7. The van der Waals surface area contributed by atoms with Crippen molar-refractivity contribution in [1.29, 1.82) is 0 Å². The molecule has 2 aromatic rings. The summed E-state index contributed by atoms with van der Waals surface area (Å²) in [5.74, 6) is 0.592. The maximum absolute atomic E-state index is 12.9. The fraction of sp³-hybridized carbons (Fsp3) is 0.480. The first-order valence-corrected chi connectivity index (χ1v) is 15.5. The molecule has 2 aromatic carbocycles. The van der Waals surface area contributed by atoms with E-state index in [1.54, 1.807) is 43.3 Å². The molecule has 1 amide bonds. The Morgan fingerprint density at radius 1 is 0.973 bits per heavy atom. The van der Waals surface area contributed by atoms with Gasteiger partial charge >= 0.3 is 0 Å². The lowest BCUT2D eigenvalue weighted by atomic mass is 10.2. The number of methoxy groups -OCH3 is 1. The van der Waals surface area contributed by atoms with Crippen molar-refractivity contribution in [2.45, 2.75) is 43.5 Å². The number of carbonyl (C=O) groups is 1. The zero-order chi connectivity index (χ0) is 27.1. The van der Waals surface area contributed by atoms with Gasteiger partial charge in [-0.2, -0.15) is 4.31 Å². The molecule has 204 valence electrons. The van der Waals surface area contributed by atoms with Gasteiger partial charge in [0.05, 0.1) is 30.5 Å². The standard InChI is InChI=1S/C25H35N3O7S2/c1-4-24(28(36(3,30)31)20-8-10-21(34-2)11-9-20)25(29)26-16-19-35-22-12-14-23(15-13-22)37(32,33)27-17-6-5-7-18-27/h8-15,24H,4-7,16-19H2,1-3H3,(H,26,29). The molecule has 1 aliphatic heterocycles. The van der Waals surface area contributed by atoms with Gasteiger partial charge in [-0.05, 0) is 67.8 Å². The highest BCUT2D eigenvalue weighted by molar-refractivity contribution is 7.92. The Labute approximate surface area is 219 Å². The zero-order valence-electron chi connectivity index (χ0n) is 21.4. The van der Waals surface area contributed by atoms with Gasteiger partial charge in [0.25, 0.3) is 0 Å². The van der Waals surface area contributed by atoms with E-state index in [2.05, 4.69) is 5.32 Å². The monoisotopic (exact) mass is 553 g/mol. The minimum Gasteiger partial charge on any atom is -0.497 e. The molecule has 1 fully saturated rings. The fourth-order valence-corrected chi connectivity index (χ4v) is 6.94. The normalized spacial score (nSPS) is 15.5. The number of ether oxygens (including phenoxy) is 2. The summed E-state index contributed by atoms with van der Waals surface area (Å²) in [6.45, 7) is 3.08. The quantitative estimate of drug-likeness (QED) is 0.401. The van der Waals surface area contributed by atoms with Crippen LogP contribution >= 0.6 is 0 Å². The third kappa shape index (κ3) is 7.36. The van der Waals surface area contributed by atoms with E-state index in [1.807, 2.05) is 0 Å². The van der Waals surface area contributed by atoms with Crippen molar-refractivity contribution in [3.8, 4) is 11.5 Å². The van der Waals surface area contributed by atoms with Gasteiger partial charge in [-0.15, -0.1) is 0 Å². The molecule has 37 heavy (non-hydrogen) atoms. The van der Waals surface area contributed by atoms with Crippen LogP contribution in [0.1, 0.15) is 32.6 Å². The minimum absolute atomic E-state index is 0.127. The van der Waals surface area contributed by atoms with Gasteiger partial charge in [0.1, 0.15) is 24.1 Å². The number of nitrogens with zero attached hydrogens (tertiary/aromatic N) is 2. The van der Waals surface area contributed by atoms with E-state index in [0.29, 0.717) is 30.3 Å². The second kappa shape index (κ2) is 12.6. The van der Waals surface area contributed by atoms with Gasteiger partial charge in [0, 0.05) is 13.1 Å². The van der Waals surface area contributed by atoms with E-state index in [0.717, 1.165) is 29.8 Å². The average Bonchev–Trinajstić information content (AvgIpc) is 2.89. The van der Waals surface area contributed by atoms with Gasteiger partial charge in [-0.1, -0.05) is 13.3 Å². The van der Waals surface area contributed by atoms with Crippen LogP contribution in [-0.4, -0.2) is 72.7 Å². The van der Waals surface area contributed by atoms with Crippen LogP contribution in [0.15, 0.2) is 53.4 Å². The number of hydrogen-bond donors (Lipinski definition) is 1. The first-order chi connectivity index (χ1) is 17.6. The molecule has 12 heteroatoms. The number of anilines is 1. The van der Waals surface area contributed by atoms with Crippen LogP contribution in [0, 0.1) is 0 Å². The van der Waals surface area contributed by atoms with Crippen LogP contribution in [0.3, 0.4) is 0 Å². The fourth-order valence-electron chi connectivity index (χ4n) is 4.21. The van der Waals surface area contributed by atoms with Crippen molar-refractivity contribution in [3.63, 3.8) is 0 Å². The minimum atomic E-state index is -3.74. The molecule has 1 aliphatic rings. The number of carbonyl (C=O) groups excluding carboxylic acids is 1. The Hall–Kier alpha value is -2.83. The number of piperidine rings is 1. The SMILES string of the molecule is CCC(C(=O)NCCOc1ccc(S(=O)(=O)N2CCCCC2)cc1)N(c1ccc(OC)cc1)S(C)(=O)=O. The van der Waals surface area contributed by atoms with Gasteiger partial charge in [0.15, 0.2) is 0 Å². The molecule has 1 saturated heterocycles. The predicted molar refractivity (Wildman–Crippen MR) is 142 cm³/mol. The van der Waals surface area contributed by atoms with E-state index < -0.39 is 32.0 Å². The topological polar surface area (TPSA) is 122 Å². The highest BCUT2D eigenvalue weighted by Gasteiger charge is 2.31. The third-order valence-electron chi connectivity index (χ3n) is 6.10. The van der Waals surface area contributed by atoms with Crippen molar-refractivity contribution >= 4 is 31.6 Å². The zero-order valence-corrected chi connectivity index (χ0v) is 23.1. The molecule has 0 spiro atoms. The maximum atomic E-state index is 12.9. The summed E-state index contributed by atoms with van der Waals surface area (Å²) in [5.41, 5.74) is 0.362. The molecule has 1 unspecified atom stereocenters. The summed E-state index contributed by atoms with van der Waals surface area (Å²) in [6, 6.07) is 11.7. The number of benzene rings is 2. The number of sulfonamides is 2. The molecular formula is C25H35N3O7S2.